The zero-order chi connectivity index (χ0) is 12.5. The van der Waals surface area contributed by atoms with E-state index in [9.17, 15) is 9.59 Å². The molecule has 1 saturated carbocycles. The highest BCUT2D eigenvalue weighted by atomic mass is 16.5. The van der Waals surface area contributed by atoms with Gasteiger partial charge in [0, 0.05) is 5.92 Å². The zero-order valence-electron chi connectivity index (χ0n) is 10.7. The van der Waals surface area contributed by atoms with E-state index in [1.807, 2.05) is 0 Å². The van der Waals surface area contributed by atoms with E-state index in [-0.39, 0.29) is 24.3 Å². The van der Waals surface area contributed by atoms with Crippen LogP contribution < -0.4 is 5.32 Å². The molecule has 0 radical (unpaired) electrons. The van der Waals surface area contributed by atoms with E-state index in [1.54, 1.807) is 6.92 Å². The van der Waals surface area contributed by atoms with Gasteiger partial charge in [0.2, 0.25) is 5.91 Å². The molecule has 0 aromatic heterocycles. The zero-order valence-corrected chi connectivity index (χ0v) is 10.7. The first-order chi connectivity index (χ1) is 8.24. The molecule has 1 aliphatic carbocycles. The number of hydrogen-bond donors (Lipinski definition) is 1. The van der Waals surface area contributed by atoms with Crippen LogP contribution in [0.1, 0.15) is 51.9 Å². The second-order valence-corrected chi connectivity index (χ2v) is 4.56. The molecule has 1 rings (SSSR count). The smallest absolute Gasteiger partial charge is 0.325 e. The van der Waals surface area contributed by atoms with E-state index in [0.717, 1.165) is 25.7 Å². The minimum Gasteiger partial charge on any atom is -0.465 e. The summed E-state index contributed by atoms with van der Waals surface area (Å²) >= 11 is 0. The van der Waals surface area contributed by atoms with E-state index >= 15 is 0 Å². The molecule has 4 heteroatoms. The summed E-state index contributed by atoms with van der Waals surface area (Å²) in [4.78, 5) is 23.0. The van der Waals surface area contributed by atoms with Crippen LogP contribution in [-0.2, 0) is 14.3 Å². The maximum atomic E-state index is 11.9. The van der Waals surface area contributed by atoms with Crippen molar-refractivity contribution in [3.05, 3.63) is 0 Å². The van der Waals surface area contributed by atoms with Gasteiger partial charge in [-0.1, -0.05) is 32.1 Å². The lowest BCUT2D eigenvalue weighted by Crippen LogP contribution is -2.35. The Morgan fingerprint density at radius 1 is 1.12 bits per heavy atom. The fourth-order valence-electron chi connectivity index (χ4n) is 2.23. The summed E-state index contributed by atoms with van der Waals surface area (Å²) in [6.07, 6.45) is 7.89. The van der Waals surface area contributed by atoms with Crippen molar-refractivity contribution >= 4 is 11.9 Å². The molecule has 0 saturated heterocycles. The van der Waals surface area contributed by atoms with Gasteiger partial charge in [-0.2, -0.15) is 0 Å². The van der Waals surface area contributed by atoms with Crippen LogP contribution in [0.5, 0.6) is 0 Å². The van der Waals surface area contributed by atoms with Gasteiger partial charge in [-0.05, 0) is 19.8 Å². The van der Waals surface area contributed by atoms with Crippen LogP contribution >= 0.6 is 0 Å². The Balaban J connectivity index is 2.27. The lowest BCUT2D eigenvalue weighted by molar-refractivity contribution is -0.143. The molecular formula is C13H23NO3. The first-order valence-electron chi connectivity index (χ1n) is 6.67. The minimum atomic E-state index is -0.355. The van der Waals surface area contributed by atoms with Gasteiger partial charge >= 0.3 is 5.97 Å². The summed E-state index contributed by atoms with van der Waals surface area (Å²) in [5.41, 5.74) is 0. The summed E-state index contributed by atoms with van der Waals surface area (Å²) in [6.45, 7) is 2.12. The molecule has 17 heavy (non-hydrogen) atoms. The van der Waals surface area contributed by atoms with Crippen molar-refractivity contribution < 1.29 is 14.3 Å². The first-order valence-corrected chi connectivity index (χ1v) is 6.67. The van der Waals surface area contributed by atoms with Crippen LogP contribution in [0.3, 0.4) is 0 Å². The number of carbonyl (C=O) groups is 2. The Hall–Kier alpha value is -1.06. The molecule has 98 valence electrons. The predicted molar refractivity (Wildman–Crippen MR) is 65.5 cm³/mol. The monoisotopic (exact) mass is 241 g/mol. The number of carbonyl (C=O) groups excluding carboxylic acids is 2. The standard InChI is InChI=1S/C13H23NO3/c1-2-17-12(15)10-14-13(16)11-8-6-4-3-5-7-9-11/h11H,2-10H2,1H3,(H,14,16). The SMILES string of the molecule is CCOC(=O)CNC(=O)C1CCCCCCC1. The van der Waals surface area contributed by atoms with Crippen molar-refractivity contribution in [2.45, 2.75) is 51.9 Å². The van der Waals surface area contributed by atoms with E-state index in [0.29, 0.717) is 6.61 Å². The molecule has 0 aromatic rings. The Morgan fingerprint density at radius 2 is 1.71 bits per heavy atom. The molecule has 0 spiro atoms. The van der Waals surface area contributed by atoms with Gasteiger partial charge in [0.1, 0.15) is 6.54 Å². The molecule has 0 aliphatic heterocycles. The fourth-order valence-corrected chi connectivity index (χ4v) is 2.23. The Bertz CT molecular complexity index is 245. The number of esters is 1. The van der Waals surface area contributed by atoms with Crippen molar-refractivity contribution in [3.8, 4) is 0 Å². The molecule has 4 nitrogen and oxygen atoms in total. The summed E-state index contributed by atoms with van der Waals surface area (Å²) < 4.78 is 4.77. The highest BCUT2D eigenvalue weighted by molar-refractivity contribution is 5.83. The van der Waals surface area contributed by atoms with E-state index in [1.165, 1.54) is 19.3 Å². The summed E-state index contributed by atoms with van der Waals surface area (Å²) in [7, 11) is 0. The van der Waals surface area contributed by atoms with Crippen molar-refractivity contribution in [3.63, 3.8) is 0 Å². The molecular weight excluding hydrogens is 218 g/mol. The van der Waals surface area contributed by atoms with Gasteiger partial charge in [-0.15, -0.1) is 0 Å². The normalized spacial score (nSPS) is 17.9. The largest absolute Gasteiger partial charge is 0.465 e. The maximum Gasteiger partial charge on any atom is 0.325 e. The summed E-state index contributed by atoms with van der Waals surface area (Å²) in [5.74, 6) is -0.253. The third kappa shape index (κ3) is 5.71. The summed E-state index contributed by atoms with van der Waals surface area (Å²) in [6, 6.07) is 0. The third-order valence-corrected chi connectivity index (χ3v) is 3.19. The van der Waals surface area contributed by atoms with Crippen LogP contribution in [-0.4, -0.2) is 25.0 Å². The summed E-state index contributed by atoms with van der Waals surface area (Å²) in [5, 5.41) is 2.67. The molecule has 0 heterocycles. The molecule has 1 aliphatic rings. The Kier molecular flexibility index (Phi) is 6.67. The third-order valence-electron chi connectivity index (χ3n) is 3.19. The molecule has 0 atom stereocenters. The van der Waals surface area contributed by atoms with Crippen molar-refractivity contribution in [2.75, 3.05) is 13.2 Å². The van der Waals surface area contributed by atoms with Crippen LogP contribution in [0.2, 0.25) is 0 Å². The number of ether oxygens (including phenoxy) is 1. The Morgan fingerprint density at radius 3 is 2.29 bits per heavy atom. The highest BCUT2D eigenvalue weighted by Gasteiger charge is 2.19. The quantitative estimate of drug-likeness (QED) is 0.766. The van der Waals surface area contributed by atoms with Crippen molar-refractivity contribution in [1.82, 2.24) is 5.32 Å². The molecule has 0 bridgehead atoms. The number of amides is 1. The van der Waals surface area contributed by atoms with Crippen LogP contribution in [0.15, 0.2) is 0 Å². The minimum absolute atomic E-state index is 0.00315. The maximum absolute atomic E-state index is 11.9. The predicted octanol–water partition coefficient (Wildman–Crippen LogP) is 2.03. The fraction of sp³-hybridized carbons (Fsp3) is 0.846. The number of hydrogen-bond acceptors (Lipinski definition) is 3. The van der Waals surface area contributed by atoms with Gasteiger partial charge in [-0.3, -0.25) is 9.59 Å². The lowest BCUT2D eigenvalue weighted by Gasteiger charge is -2.18. The van der Waals surface area contributed by atoms with E-state index in [2.05, 4.69) is 5.32 Å². The average molecular weight is 241 g/mol. The second-order valence-electron chi connectivity index (χ2n) is 4.56. The molecule has 1 N–H and O–H groups in total. The van der Waals surface area contributed by atoms with Crippen LogP contribution in [0.4, 0.5) is 0 Å². The number of rotatable bonds is 4. The topological polar surface area (TPSA) is 55.4 Å². The average Bonchev–Trinajstić information content (AvgIpc) is 2.26. The van der Waals surface area contributed by atoms with Gasteiger partial charge in [-0.25, -0.2) is 0 Å². The van der Waals surface area contributed by atoms with Crippen LogP contribution in [0, 0.1) is 5.92 Å². The van der Waals surface area contributed by atoms with Gasteiger partial charge in [0.25, 0.3) is 0 Å². The molecule has 0 aromatic carbocycles. The first kappa shape index (κ1) is 14.0. The van der Waals surface area contributed by atoms with Gasteiger partial charge in [0.05, 0.1) is 6.61 Å². The highest BCUT2D eigenvalue weighted by Crippen LogP contribution is 2.22. The van der Waals surface area contributed by atoms with Crippen LogP contribution in [0.25, 0.3) is 0 Å². The number of nitrogens with one attached hydrogen (secondary N) is 1. The molecule has 1 amide bonds. The lowest BCUT2D eigenvalue weighted by atomic mass is 9.90. The van der Waals surface area contributed by atoms with E-state index in [4.69, 9.17) is 4.74 Å². The van der Waals surface area contributed by atoms with Gasteiger partial charge < -0.3 is 10.1 Å². The van der Waals surface area contributed by atoms with Crippen molar-refractivity contribution in [2.24, 2.45) is 5.92 Å². The second kappa shape index (κ2) is 8.09. The Labute approximate surface area is 103 Å². The van der Waals surface area contributed by atoms with Crippen molar-refractivity contribution in [1.29, 1.82) is 0 Å². The van der Waals surface area contributed by atoms with Gasteiger partial charge in [0.15, 0.2) is 0 Å². The molecule has 0 unspecified atom stereocenters. The molecule has 1 fully saturated rings. The van der Waals surface area contributed by atoms with E-state index < -0.39 is 0 Å².